The van der Waals surface area contributed by atoms with Crippen molar-refractivity contribution in [3.63, 3.8) is 0 Å². The van der Waals surface area contributed by atoms with Gasteiger partial charge in [0.25, 0.3) is 0 Å². The molecule has 0 aromatic rings. The predicted octanol–water partition coefficient (Wildman–Crippen LogP) is 0.145. The van der Waals surface area contributed by atoms with Crippen LogP contribution in [-0.2, 0) is 9.32 Å². The molecule has 0 aromatic heterocycles. The summed E-state index contributed by atoms with van der Waals surface area (Å²) in [6.07, 6.45) is 0. The Kier molecular flexibility index (Phi) is 4.22. The van der Waals surface area contributed by atoms with Gasteiger partial charge in [-0.2, -0.15) is 0 Å². The molecule has 0 fully saturated rings. The summed E-state index contributed by atoms with van der Waals surface area (Å²) in [5, 5.41) is 16.2. The highest BCUT2D eigenvalue weighted by Crippen LogP contribution is 2.21. The van der Waals surface area contributed by atoms with Crippen molar-refractivity contribution in [3.8, 4) is 0 Å². The summed E-state index contributed by atoms with van der Waals surface area (Å²) < 4.78 is 4.36. The Morgan fingerprint density at radius 1 is 1.78 bits per heavy atom. The zero-order valence-electron chi connectivity index (χ0n) is 4.63. The van der Waals surface area contributed by atoms with Gasteiger partial charge in [-0.25, -0.2) is 4.79 Å². The summed E-state index contributed by atoms with van der Waals surface area (Å²) in [4.78, 5) is 9.95. The SMILES string of the molecule is C=C(POCO)C(=O)O. The summed E-state index contributed by atoms with van der Waals surface area (Å²) in [6, 6.07) is 0. The van der Waals surface area contributed by atoms with E-state index in [4.69, 9.17) is 10.2 Å². The van der Waals surface area contributed by atoms with Crippen LogP contribution in [0, 0.1) is 0 Å². The lowest BCUT2D eigenvalue weighted by atomic mass is 10.7. The van der Waals surface area contributed by atoms with Crippen molar-refractivity contribution in [2.75, 3.05) is 6.79 Å². The molecule has 0 radical (unpaired) electrons. The van der Waals surface area contributed by atoms with E-state index in [1.807, 2.05) is 0 Å². The first-order valence-corrected chi connectivity index (χ1v) is 3.00. The van der Waals surface area contributed by atoms with Gasteiger partial charge in [-0.05, 0) is 0 Å². The Hall–Kier alpha value is -0.440. The molecule has 0 amide bonds. The zero-order valence-corrected chi connectivity index (χ0v) is 5.63. The van der Waals surface area contributed by atoms with Gasteiger partial charge in [0.2, 0.25) is 0 Å². The van der Waals surface area contributed by atoms with E-state index in [0.717, 1.165) is 0 Å². The lowest BCUT2D eigenvalue weighted by Crippen LogP contribution is -1.94. The Labute approximate surface area is 54.0 Å². The molecular formula is C4H7O4P. The van der Waals surface area contributed by atoms with Crippen LogP contribution >= 0.6 is 8.81 Å². The molecular weight excluding hydrogens is 143 g/mol. The van der Waals surface area contributed by atoms with Gasteiger partial charge in [0.15, 0.2) is 0 Å². The number of aliphatic carboxylic acids is 1. The average Bonchev–Trinajstić information content (AvgIpc) is 1.82. The highest BCUT2D eigenvalue weighted by Gasteiger charge is 2.01. The van der Waals surface area contributed by atoms with E-state index in [2.05, 4.69) is 11.1 Å². The van der Waals surface area contributed by atoms with Crippen molar-refractivity contribution in [1.29, 1.82) is 0 Å². The summed E-state index contributed by atoms with van der Waals surface area (Å²) in [6.45, 7) is 2.70. The number of hydrogen-bond acceptors (Lipinski definition) is 3. The standard InChI is InChI=1S/C4H7O4P/c1-3(4(6)7)9-8-2-5/h5,9H,1-2H2,(H,6,7). The van der Waals surface area contributed by atoms with Crippen LogP contribution < -0.4 is 0 Å². The molecule has 0 aliphatic heterocycles. The number of hydrogen-bond donors (Lipinski definition) is 2. The summed E-state index contributed by atoms with van der Waals surface area (Å²) in [7, 11) is -0.358. The van der Waals surface area contributed by atoms with Gasteiger partial charge in [-0.15, -0.1) is 0 Å². The first-order chi connectivity index (χ1) is 4.18. The molecule has 0 aromatic carbocycles. The molecule has 9 heavy (non-hydrogen) atoms. The number of carbonyl (C=O) groups is 1. The van der Waals surface area contributed by atoms with E-state index in [1.165, 1.54) is 0 Å². The van der Waals surface area contributed by atoms with E-state index in [1.54, 1.807) is 0 Å². The summed E-state index contributed by atoms with van der Waals surface area (Å²) >= 11 is 0. The maximum absolute atomic E-state index is 9.95. The number of aliphatic hydroxyl groups is 1. The van der Waals surface area contributed by atoms with Crippen LogP contribution in [0.3, 0.4) is 0 Å². The molecule has 1 unspecified atom stereocenters. The van der Waals surface area contributed by atoms with E-state index in [-0.39, 0.29) is 14.1 Å². The van der Waals surface area contributed by atoms with Crippen molar-refractivity contribution in [2.45, 2.75) is 0 Å². The fourth-order valence-electron chi connectivity index (χ4n) is 0.163. The zero-order chi connectivity index (χ0) is 7.28. The first kappa shape index (κ1) is 8.56. The van der Waals surface area contributed by atoms with Crippen LogP contribution in [-0.4, -0.2) is 23.0 Å². The van der Waals surface area contributed by atoms with Crippen LogP contribution in [0.4, 0.5) is 0 Å². The molecule has 4 nitrogen and oxygen atoms in total. The Balaban J connectivity index is 3.39. The molecule has 0 bridgehead atoms. The van der Waals surface area contributed by atoms with Crippen LogP contribution in [0.25, 0.3) is 0 Å². The highest BCUT2D eigenvalue weighted by atomic mass is 31.1. The van der Waals surface area contributed by atoms with Crippen molar-refractivity contribution in [2.24, 2.45) is 0 Å². The molecule has 5 heteroatoms. The number of rotatable bonds is 4. The molecule has 0 saturated heterocycles. The van der Waals surface area contributed by atoms with E-state index in [9.17, 15) is 4.79 Å². The maximum atomic E-state index is 9.95. The molecule has 0 heterocycles. The molecule has 1 atom stereocenters. The minimum absolute atomic E-state index is 0.0379. The molecule has 0 saturated carbocycles. The number of carboxylic acid groups (broad SMARTS) is 1. The normalized spacial score (nSPS) is 10.3. The third-order valence-corrected chi connectivity index (χ3v) is 1.25. The Morgan fingerprint density at radius 3 is 2.67 bits per heavy atom. The van der Waals surface area contributed by atoms with Gasteiger partial charge in [0, 0.05) is 0 Å². The van der Waals surface area contributed by atoms with Gasteiger partial charge in [-0.1, -0.05) is 6.58 Å². The van der Waals surface area contributed by atoms with Gasteiger partial charge in [0.1, 0.15) is 6.79 Å². The van der Waals surface area contributed by atoms with Gasteiger partial charge in [-0.3, -0.25) is 0 Å². The van der Waals surface area contributed by atoms with Crippen LogP contribution in [0.1, 0.15) is 0 Å². The summed E-state index contributed by atoms with van der Waals surface area (Å²) in [5.74, 6) is -1.10. The third-order valence-electron chi connectivity index (χ3n) is 0.518. The van der Waals surface area contributed by atoms with Crippen LogP contribution in [0.15, 0.2) is 11.9 Å². The average molecular weight is 150 g/mol. The fourth-order valence-corrected chi connectivity index (χ4v) is 0.489. The lowest BCUT2D eigenvalue weighted by molar-refractivity contribution is -0.131. The fraction of sp³-hybridized carbons (Fsp3) is 0.250. The second-order valence-corrected chi connectivity index (χ2v) is 2.26. The summed E-state index contributed by atoms with van der Waals surface area (Å²) in [5.41, 5.74) is 0. The van der Waals surface area contributed by atoms with E-state index in [0.29, 0.717) is 0 Å². The molecule has 52 valence electrons. The number of carboxylic acids is 1. The van der Waals surface area contributed by atoms with E-state index >= 15 is 0 Å². The molecule has 0 aliphatic carbocycles. The van der Waals surface area contributed by atoms with Crippen LogP contribution in [0.5, 0.6) is 0 Å². The number of aliphatic hydroxyl groups excluding tert-OH is 1. The molecule has 0 aliphatic rings. The van der Waals surface area contributed by atoms with Crippen molar-refractivity contribution < 1.29 is 19.5 Å². The third kappa shape index (κ3) is 4.09. The minimum atomic E-state index is -1.10. The van der Waals surface area contributed by atoms with Crippen LogP contribution in [0.2, 0.25) is 0 Å². The second kappa shape index (κ2) is 4.44. The quantitative estimate of drug-likeness (QED) is 0.340. The highest BCUT2D eigenvalue weighted by molar-refractivity contribution is 7.39. The second-order valence-electron chi connectivity index (χ2n) is 1.16. The van der Waals surface area contributed by atoms with Gasteiger partial charge >= 0.3 is 5.97 Å². The smallest absolute Gasteiger partial charge is 0.337 e. The molecule has 0 spiro atoms. The van der Waals surface area contributed by atoms with Crippen molar-refractivity contribution in [1.82, 2.24) is 0 Å². The monoisotopic (exact) mass is 150 g/mol. The van der Waals surface area contributed by atoms with Crippen molar-refractivity contribution >= 4 is 14.8 Å². The minimum Gasteiger partial charge on any atom is -0.478 e. The predicted molar refractivity (Wildman–Crippen MR) is 33.3 cm³/mol. The van der Waals surface area contributed by atoms with E-state index < -0.39 is 12.8 Å². The Morgan fingerprint density at radius 2 is 2.33 bits per heavy atom. The molecule has 0 rings (SSSR count). The van der Waals surface area contributed by atoms with Crippen molar-refractivity contribution in [3.05, 3.63) is 11.9 Å². The first-order valence-electron chi connectivity index (χ1n) is 2.09. The molecule has 2 N–H and O–H groups in total. The lowest BCUT2D eigenvalue weighted by Gasteiger charge is -1.96. The van der Waals surface area contributed by atoms with Gasteiger partial charge < -0.3 is 14.7 Å². The largest absolute Gasteiger partial charge is 0.478 e. The Bertz CT molecular complexity index is 122. The van der Waals surface area contributed by atoms with Gasteiger partial charge in [0.05, 0.1) is 14.1 Å². The maximum Gasteiger partial charge on any atom is 0.337 e. The topological polar surface area (TPSA) is 66.8 Å².